The number of rotatable bonds is 10. The molecule has 170 valence electrons. The maximum Gasteiger partial charge on any atom is 0.234 e. The average Bonchev–Trinajstić information content (AvgIpc) is 3.18. The first-order valence-electron chi connectivity index (χ1n) is 9.79. The highest BCUT2D eigenvalue weighted by Crippen LogP contribution is 2.29. The van der Waals surface area contributed by atoms with Gasteiger partial charge in [-0.1, -0.05) is 11.8 Å². The van der Waals surface area contributed by atoms with Gasteiger partial charge < -0.3 is 28.8 Å². The summed E-state index contributed by atoms with van der Waals surface area (Å²) in [6, 6.07) is 12.5. The highest BCUT2D eigenvalue weighted by molar-refractivity contribution is 7.99. The Hall–Kier alpha value is -3.40. The first-order valence-corrected chi connectivity index (χ1v) is 10.8. The van der Waals surface area contributed by atoms with E-state index in [1.165, 1.54) is 11.8 Å². The summed E-state index contributed by atoms with van der Waals surface area (Å²) < 4.78 is 23.4. The van der Waals surface area contributed by atoms with E-state index in [9.17, 15) is 4.79 Å². The van der Waals surface area contributed by atoms with Gasteiger partial charge in [0, 0.05) is 13.1 Å². The van der Waals surface area contributed by atoms with Crippen molar-refractivity contribution < 1.29 is 23.7 Å². The van der Waals surface area contributed by atoms with E-state index < -0.39 is 0 Å². The molecule has 0 radical (unpaired) electrons. The molecular formula is C22H26N4O5S. The van der Waals surface area contributed by atoms with Crippen molar-refractivity contribution in [2.24, 2.45) is 7.05 Å². The number of hydrogen-bond donors (Lipinski definition) is 1. The SMILES string of the molecule is COc1ccc(OC(C)c2nnc(SCC(=O)Nc3cc(OC)ccc3OC)n2C)cc1. The number of amides is 1. The van der Waals surface area contributed by atoms with Crippen LogP contribution in [0.25, 0.3) is 0 Å². The van der Waals surface area contributed by atoms with Crippen LogP contribution in [0.1, 0.15) is 18.9 Å². The average molecular weight is 459 g/mol. The van der Waals surface area contributed by atoms with Gasteiger partial charge in [-0.25, -0.2) is 0 Å². The predicted octanol–water partition coefficient (Wildman–Crippen LogP) is 3.71. The van der Waals surface area contributed by atoms with Crippen LogP contribution in [0.5, 0.6) is 23.0 Å². The Morgan fingerprint density at radius 3 is 2.31 bits per heavy atom. The molecule has 1 heterocycles. The summed E-state index contributed by atoms with van der Waals surface area (Å²) in [5.41, 5.74) is 0.539. The van der Waals surface area contributed by atoms with Crippen LogP contribution in [-0.2, 0) is 11.8 Å². The van der Waals surface area contributed by atoms with Gasteiger partial charge in [-0.05, 0) is 43.3 Å². The van der Waals surface area contributed by atoms with Crippen LogP contribution in [0.2, 0.25) is 0 Å². The number of thioether (sulfide) groups is 1. The minimum atomic E-state index is -0.329. The molecule has 32 heavy (non-hydrogen) atoms. The number of hydrogen-bond acceptors (Lipinski definition) is 8. The number of methoxy groups -OCH3 is 3. The van der Waals surface area contributed by atoms with Gasteiger partial charge in [0.2, 0.25) is 5.91 Å². The van der Waals surface area contributed by atoms with Crippen LogP contribution in [0, 0.1) is 0 Å². The number of nitrogens with one attached hydrogen (secondary N) is 1. The molecule has 1 aromatic heterocycles. The van der Waals surface area contributed by atoms with E-state index in [-0.39, 0.29) is 17.8 Å². The Bertz CT molecular complexity index is 1050. The first kappa shape index (κ1) is 23.3. The number of carbonyl (C=O) groups is 1. The second kappa shape index (κ2) is 10.8. The van der Waals surface area contributed by atoms with Crippen molar-refractivity contribution in [3.63, 3.8) is 0 Å². The molecule has 0 fully saturated rings. The van der Waals surface area contributed by atoms with Crippen molar-refractivity contribution in [3.05, 3.63) is 48.3 Å². The Balaban J connectivity index is 1.60. The summed E-state index contributed by atoms with van der Waals surface area (Å²) in [7, 11) is 6.57. The smallest absolute Gasteiger partial charge is 0.234 e. The fourth-order valence-corrected chi connectivity index (χ4v) is 3.66. The van der Waals surface area contributed by atoms with E-state index in [0.29, 0.717) is 33.9 Å². The lowest BCUT2D eigenvalue weighted by Gasteiger charge is -2.14. The molecule has 0 aliphatic rings. The maximum atomic E-state index is 12.5. The fraction of sp³-hybridized carbons (Fsp3) is 0.318. The van der Waals surface area contributed by atoms with Gasteiger partial charge in [-0.2, -0.15) is 0 Å². The van der Waals surface area contributed by atoms with Gasteiger partial charge >= 0.3 is 0 Å². The molecule has 1 unspecified atom stereocenters. The molecule has 0 bridgehead atoms. The molecule has 1 atom stereocenters. The zero-order chi connectivity index (χ0) is 23.1. The third-order valence-corrected chi connectivity index (χ3v) is 5.64. The number of benzene rings is 2. The Morgan fingerprint density at radius 2 is 1.66 bits per heavy atom. The van der Waals surface area contributed by atoms with Crippen molar-refractivity contribution in [1.29, 1.82) is 0 Å². The minimum absolute atomic E-state index is 0.153. The first-order chi connectivity index (χ1) is 15.4. The van der Waals surface area contributed by atoms with Crippen LogP contribution in [0.15, 0.2) is 47.6 Å². The number of carbonyl (C=O) groups excluding carboxylic acids is 1. The van der Waals surface area contributed by atoms with Crippen molar-refractivity contribution in [3.8, 4) is 23.0 Å². The van der Waals surface area contributed by atoms with E-state index in [0.717, 1.165) is 5.75 Å². The van der Waals surface area contributed by atoms with Gasteiger partial charge in [-0.15, -0.1) is 10.2 Å². The molecule has 0 aliphatic heterocycles. The predicted molar refractivity (Wildman–Crippen MR) is 122 cm³/mol. The zero-order valence-electron chi connectivity index (χ0n) is 18.6. The summed E-state index contributed by atoms with van der Waals surface area (Å²) >= 11 is 1.28. The van der Waals surface area contributed by atoms with E-state index in [4.69, 9.17) is 18.9 Å². The van der Waals surface area contributed by atoms with Crippen LogP contribution in [0.3, 0.4) is 0 Å². The van der Waals surface area contributed by atoms with Crippen molar-refractivity contribution >= 4 is 23.4 Å². The molecule has 0 saturated heterocycles. The number of ether oxygens (including phenoxy) is 4. The van der Waals surface area contributed by atoms with Crippen molar-refractivity contribution in [1.82, 2.24) is 14.8 Å². The molecule has 9 nitrogen and oxygen atoms in total. The molecule has 10 heteroatoms. The molecular weight excluding hydrogens is 432 g/mol. The lowest BCUT2D eigenvalue weighted by atomic mass is 10.2. The number of nitrogens with zero attached hydrogens (tertiary/aromatic N) is 3. The third-order valence-electron chi connectivity index (χ3n) is 4.62. The standard InChI is InChI=1S/C22H26N4O5S/c1-14(31-16-8-6-15(28-3)7-9-16)21-24-25-22(26(21)2)32-13-20(27)23-18-12-17(29-4)10-11-19(18)30-5/h6-12,14H,13H2,1-5H3,(H,23,27). The normalized spacial score (nSPS) is 11.5. The quantitative estimate of drug-likeness (QED) is 0.459. The van der Waals surface area contributed by atoms with E-state index in [2.05, 4.69) is 15.5 Å². The van der Waals surface area contributed by atoms with Crippen molar-refractivity contribution in [2.45, 2.75) is 18.2 Å². The molecule has 1 amide bonds. The van der Waals surface area contributed by atoms with Crippen LogP contribution >= 0.6 is 11.8 Å². The molecule has 0 spiro atoms. The number of aromatic nitrogens is 3. The second-order valence-electron chi connectivity index (χ2n) is 6.74. The number of anilines is 1. The Labute approximate surface area is 191 Å². The maximum absolute atomic E-state index is 12.5. The van der Waals surface area contributed by atoms with Crippen molar-refractivity contribution in [2.75, 3.05) is 32.4 Å². The third kappa shape index (κ3) is 5.64. The molecule has 1 N–H and O–H groups in total. The van der Waals surface area contributed by atoms with Gasteiger partial charge in [0.15, 0.2) is 17.1 Å². The molecule has 3 rings (SSSR count). The fourth-order valence-electron chi connectivity index (χ4n) is 2.95. The monoisotopic (exact) mass is 458 g/mol. The zero-order valence-corrected chi connectivity index (χ0v) is 19.4. The van der Waals surface area contributed by atoms with Crippen LogP contribution in [-0.4, -0.2) is 47.8 Å². The largest absolute Gasteiger partial charge is 0.497 e. The van der Waals surface area contributed by atoms with Crippen LogP contribution in [0.4, 0.5) is 5.69 Å². The minimum Gasteiger partial charge on any atom is -0.497 e. The van der Waals surface area contributed by atoms with E-state index in [1.54, 1.807) is 39.5 Å². The van der Waals surface area contributed by atoms with Gasteiger partial charge in [0.1, 0.15) is 23.0 Å². The molecule has 0 aliphatic carbocycles. The summed E-state index contributed by atoms with van der Waals surface area (Å²) in [6.07, 6.45) is -0.329. The highest BCUT2D eigenvalue weighted by atomic mass is 32.2. The summed E-state index contributed by atoms with van der Waals surface area (Å²) in [5.74, 6) is 3.23. The molecule has 0 saturated carbocycles. The van der Waals surface area contributed by atoms with Gasteiger partial charge in [-0.3, -0.25) is 4.79 Å². The highest BCUT2D eigenvalue weighted by Gasteiger charge is 2.18. The lowest BCUT2D eigenvalue weighted by Crippen LogP contribution is -2.15. The Morgan fingerprint density at radius 1 is 1.00 bits per heavy atom. The molecule has 3 aromatic rings. The van der Waals surface area contributed by atoms with Crippen LogP contribution < -0.4 is 24.3 Å². The lowest BCUT2D eigenvalue weighted by molar-refractivity contribution is -0.113. The Kier molecular flexibility index (Phi) is 7.82. The van der Waals surface area contributed by atoms with E-state index >= 15 is 0 Å². The molecule has 2 aromatic carbocycles. The second-order valence-corrected chi connectivity index (χ2v) is 7.68. The summed E-state index contributed by atoms with van der Waals surface area (Å²) in [4.78, 5) is 12.5. The summed E-state index contributed by atoms with van der Waals surface area (Å²) in [5, 5.41) is 11.9. The van der Waals surface area contributed by atoms with Gasteiger partial charge in [0.05, 0.1) is 32.8 Å². The van der Waals surface area contributed by atoms with Gasteiger partial charge in [0.25, 0.3) is 0 Å². The van der Waals surface area contributed by atoms with E-state index in [1.807, 2.05) is 42.8 Å². The summed E-state index contributed by atoms with van der Waals surface area (Å²) in [6.45, 7) is 1.89. The topological polar surface area (TPSA) is 96.7 Å².